The van der Waals surface area contributed by atoms with Crippen LogP contribution in [-0.4, -0.2) is 36.8 Å². The van der Waals surface area contributed by atoms with E-state index < -0.39 is 17.7 Å². The second kappa shape index (κ2) is 7.52. The summed E-state index contributed by atoms with van der Waals surface area (Å²) in [6, 6.07) is 3.76. The molecule has 20 heavy (non-hydrogen) atoms. The van der Waals surface area contributed by atoms with Crippen molar-refractivity contribution >= 4 is 18.3 Å². The predicted molar refractivity (Wildman–Crippen MR) is 72.7 cm³/mol. The smallest absolute Gasteiger partial charge is 0.224 e. The van der Waals surface area contributed by atoms with E-state index in [4.69, 9.17) is 0 Å². The molecule has 1 aliphatic heterocycles. The molecule has 0 radical (unpaired) electrons. The summed E-state index contributed by atoms with van der Waals surface area (Å²) < 4.78 is 26.3. The fourth-order valence-corrected chi connectivity index (χ4v) is 2.09. The van der Waals surface area contributed by atoms with Gasteiger partial charge < -0.3 is 15.7 Å². The van der Waals surface area contributed by atoms with Gasteiger partial charge in [0, 0.05) is 31.1 Å². The maximum Gasteiger partial charge on any atom is 0.224 e. The van der Waals surface area contributed by atoms with Crippen LogP contribution in [0.4, 0.5) is 8.78 Å². The van der Waals surface area contributed by atoms with E-state index in [-0.39, 0.29) is 36.2 Å². The van der Waals surface area contributed by atoms with Gasteiger partial charge in [0.15, 0.2) is 11.6 Å². The van der Waals surface area contributed by atoms with Crippen molar-refractivity contribution in [2.24, 2.45) is 5.92 Å². The molecule has 0 bridgehead atoms. The molecule has 0 aromatic heterocycles. The van der Waals surface area contributed by atoms with Gasteiger partial charge in [-0.05, 0) is 6.07 Å². The number of hydrogen-bond donors (Lipinski definition) is 3. The van der Waals surface area contributed by atoms with E-state index in [0.29, 0.717) is 19.6 Å². The Morgan fingerprint density at radius 1 is 1.40 bits per heavy atom. The Morgan fingerprint density at radius 3 is 2.80 bits per heavy atom. The highest BCUT2D eigenvalue weighted by atomic mass is 35.5. The van der Waals surface area contributed by atoms with Crippen molar-refractivity contribution in [1.82, 2.24) is 10.6 Å². The van der Waals surface area contributed by atoms with Crippen LogP contribution >= 0.6 is 12.4 Å². The monoisotopic (exact) mass is 306 g/mol. The minimum absolute atomic E-state index is 0. The van der Waals surface area contributed by atoms with Crippen molar-refractivity contribution in [2.75, 3.05) is 19.6 Å². The summed E-state index contributed by atoms with van der Waals surface area (Å²) in [6.45, 7) is 1.47. The lowest BCUT2D eigenvalue weighted by Crippen LogP contribution is -2.35. The normalized spacial score (nSPS) is 21.4. The van der Waals surface area contributed by atoms with Crippen LogP contribution in [0.2, 0.25) is 0 Å². The van der Waals surface area contributed by atoms with Crippen LogP contribution < -0.4 is 10.6 Å². The minimum Gasteiger partial charge on any atom is -0.391 e. The third-order valence-corrected chi connectivity index (χ3v) is 3.25. The van der Waals surface area contributed by atoms with E-state index in [0.717, 1.165) is 6.07 Å². The van der Waals surface area contributed by atoms with Crippen LogP contribution in [-0.2, 0) is 11.2 Å². The van der Waals surface area contributed by atoms with Gasteiger partial charge in [-0.2, -0.15) is 0 Å². The van der Waals surface area contributed by atoms with Crippen LogP contribution in [0.1, 0.15) is 5.56 Å². The Kier molecular flexibility index (Phi) is 6.32. The van der Waals surface area contributed by atoms with E-state index in [1.807, 2.05) is 0 Å². The maximum absolute atomic E-state index is 13.4. The minimum atomic E-state index is -0.986. The number of carbonyl (C=O) groups is 1. The zero-order valence-corrected chi connectivity index (χ0v) is 11.6. The molecule has 2 atom stereocenters. The molecule has 2 rings (SSSR count). The quantitative estimate of drug-likeness (QED) is 0.764. The van der Waals surface area contributed by atoms with Crippen molar-refractivity contribution in [2.45, 2.75) is 12.5 Å². The van der Waals surface area contributed by atoms with E-state index >= 15 is 0 Å². The summed E-state index contributed by atoms with van der Waals surface area (Å²) in [5.74, 6) is -2.37. The predicted octanol–water partition coefficient (Wildman–Crippen LogP) is 0.626. The molecule has 2 unspecified atom stereocenters. The number of hydrogen-bond acceptors (Lipinski definition) is 3. The molecule has 0 aliphatic carbocycles. The van der Waals surface area contributed by atoms with Crippen molar-refractivity contribution in [3.05, 3.63) is 35.4 Å². The fourth-order valence-electron chi connectivity index (χ4n) is 2.09. The molecule has 3 N–H and O–H groups in total. The second-order valence-corrected chi connectivity index (χ2v) is 4.68. The molecular weight excluding hydrogens is 290 g/mol. The first-order valence-corrected chi connectivity index (χ1v) is 6.16. The topological polar surface area (TPSA) is 61.4 Å². The van der Waals surface area contributed by atoms with Gasteiger partial charge in [0.25, 0.3) is 0 Å². The summed E-state index contributed by atoms with van der Waals surface area (Å²) in [7, 11) is 0. The number of β-amino-alcohol motifs (C(OH)–C–C–N with tert-alkyl or cyclic N) is 1. The van der Waals surface area contributed by atoms with Crippen LogP contribution in [0.15, 0.2) is 18.2 Å². The van der Waals surface area contributed by atoms with Crippen LogP contribution in [0.3, 0.4) is 0 Å². The number of nitrogens with one attached hydrogen (secondary N) is 2. The maximum atomic E-state index is 13.4. The number of benzene rings is 1. The molecule has 1 saturated heterocycles. The third kappa shape index (κ3) is 4.13. The first-order chi connectivity index (χ1) is 9.08. The molecule has 1 aliphatic rings. The standard InChI is InChI=1S/C13H16F2N2O2.ClH/c14-10-3-1-2-8(13(10)15)4-12(19)17-6-9-5-16-7-11(9)18;/h1-3,9,11,16,18H,4-7H2,(H,17,19);1H. The van der Waals surface area contributed by atoms with Crippen molar-refractivity contribution in [3.63, 3.8) is 0 Å². The van der Waals surface area contributed by atoms with Gasteiger partial charge in [-0.25, -0.2) is 8.78 Å². The van der Waals surface area contributed by atoms with Crippen LogP contribution in [0, 0.1) is 17.6 Å². The van der Waals surface area contributed by atoms with Gasteiger partial charge in [-0.15, -0.1) is 12.4 Å². The number of rotatable bonds is 4. The molecular formula is C13H17ClF2N2O2. The zero-order chi connectivity index (χ0) is 13.8. The molecule has 1 heterocycles. The van der Waals surface area contributed by atoms with Crippen molar-refractivity contribution in [1.29, 1.82) is 0 Å². The number of carbonyl (C=O) groups excluding carboxylic acids is 1. The summed E-state index contributed by atoms with van der Waals surface area (Å²) >= 11 is 0. The Labute approximate surface area is 122 Å². The van der Waals surface area contributed by atoms with Crippen molar-refractivity contribution < 1.29 is 18.7 Å². The Morgan fingerprint density at radius 2 is 2.15 bits per heavy atom. The molecule has 7 heteroatoms. The molecule has 0 saturated carbocycles. The van der Waals surface area contributed by atoms with Crippen molar-refractivity contribution in [3.8, 4) is 0 Å². The average molecular weight is 307 g/mol. The number of amides is 1. The van der Waals surface area contributed by atoms with Crippen LogP contribution in [0.25, 0.3) is 0 Å². The summed E-state index contributed by atoms with van der Waals surface area (Å²) in [4.78, 5) is 11.6. The Bertz CT molecular complexity index is 474. The Hall–Kier alpha value is -1.24. The molecule has 1 fully saturated rings. The first kappa shape index (κ1) is 16.8. The zero-order valence-electron chi connectivity index (χ0n) is 10.7. The molecule has 1 aromatic carbocycles. The molecule has 4 nitrogen and oxygen atoms in total. The number of halogens is 3. The van der Waals surface area contributed by atoms with Gasteiger partial charge >= 0.3 is 0 Å². The molecule has 1 amide bonds. The molecule has 0 spiro atoms. The van der Waals surface area contributed by atoms with E-state index in [2.05, 4.69) is 10.6 Å². The Balaban J connectivity index is 0.00000200. The number of aliphatic hydroxyl groups is 1. The molecule has 112 valence electrons. The van der Waals surface area contributed by atoms with E-state index in [9.17, 15) is 18.7 Å². The van der Waals surface area contributed by atoms with Gasteiger partial charge in [-0.1, -0.05) is 12.1 Å². The summed E-state index contributed by atoms with van der Waals surface area (Å²) in [5, 5.41) is 15.2. The van der Waals surface area contributed by atoms with E-state index in [1.165, 1.54) is 12.1 Å². The highest BCUT2D eigenvalue weighted by Crippen LogP contribution is 2.12. The van der Waals surface area contributed by atoms with Gasteiger partial charge in [0.2, 0.25) is 5.91 Å². The van der Waals surface area contributed by atoms with Crippen LogP contribution in [0.5, 0.6) is 0 Å². The first-order valence-electron chi connectivity index (χ1n) is 6.16. The highest BCUT2D eigenvalue weighted by Gasteiger charge is 2.25. The van der Waals surface area contributed by atoms with E-state index in [1.54, 1.807) is 0 Å². The largest absolute Gasteiger partial charge is 0.391 e. The SMILES string of the molecule is Cl.O=C(Cc1cccc(F)c1F)NCC1CNCC1O. The lowest BCUT2D eigenvalue weighted by molar-refractivity contribution is -0.120. The lowest BCUT2D eigenvalue weighted by atomic mass is 10.1. The second-order valence-electron chi connectivity index (χ2n) is 4.68. The molecule has 1 aromatic rings. The highest BCUT2D eigenvalue weighted by molar-refractivity contribution is 5.85. The van der Waals surface area contributed by atoms with Gasteiger partial charge in [-0.3, -0.25) is 4.79 Å². The lowest BCUT2D eigenvalue weighted by Gasteiger charge is -2.14. The number of aliphatic hydroxyl groups excluding tert-OH is 1. The fraction of sp³-hybridized carbons (Fsp3) is 0.462. The summed E-state index contributed by atoms with van der Waals surface area (Å²) in [5.41, 5.74) is 0.0302. The average Bonchev–Trinajstić information content (AvgIpc) is 2.78. The summed E-state index contributed by atoms with van der Waals surface area (Å²) in [6.07, 6.45) is -0.689. The van der Waals surface area contributed by atoms with Gasteiger partial charge in [0.05, 0.1) is 12.5 Å². The van der Waals surface area contributed by atoms with Gasteiger partial charge in [0.1, 0.15) is 0 Å². The third-order valence-electron chi connectivity index (χ3n) is 3.25.